The van der Waals surface area contributed by atoms with Crippen LogP contribution < -0.4 is 15.5 Å². The van der Waals surface area contributed by atoms with Crippen LogP contribution in [0.4, 0.5) is 5.69 Å². The van der Waals surface area contributed by atoms with Crippen LogP contribution >= 0.6 is 25.3 Å². The molecule has 0 bridgehead atoms. The quantitative estimate of drug-likeness (QED) is 0.498. The van der Waals surface area contributed by atoms with E-state index in [9.17, 15) is 14.7 Å². The minimum atomic E-state index is -0.996. The second-order valence-corrected chi connectivity index (χ2v) is 9.26. The summed E-state index contributed by atoms with van der Waals surface area (Å²) in [4.78, 5) is 26.8. The molecule has 1 amide bonds. The van der Waals surface area contributed by atoms with E-state index in [0.29, 0.717) is 11.4 Å². The van der Waals surface area contributed by atoms with Gasteiger partial charge >= 0.3 is 5.97 Å². The van der Waals surface area contributed by atoms with Crippen molar-refractivity contribution in [1.82, 2.24) is 10.6 Å². The monoisotopic (exact) mass is 453 g/mol. The van der Waals surface area contributed by atoms with Crippen LogP contribution in [0.2, 0.25) is 0 Å². The fourth-order valence-electron chi connectivity index (χ4n) is 4.25. The van der Waals surface area contributed by atoms with E-state index in [1.54, 1.807) is 11.8 Å². The van der Waals surface area contributed by atoms with Crippen molar-refractivity contribution in [2.24, 2.45) is 5.92 Å². The number of unbranched alkanes of at least 4 members (excludes halogenated alkanes) is 1. The lowest BCUT2D eigenvalue weighted by Crippen LogP contribution is -2.51. The molecule has 0 spiro atoms. The maximum absolute atomic E-state index is 13.1. The molecule has 0 aliphatic carbocycles. The van der Waals surface area contributed by atoms with Crippen LogP contribution in [-0.4, -0.2) is 54.5 Å². The molecule has 2 atom stereocenters. The summed E-state index contributed by atoms with van der Waals surface area (Å²) < 4.78 is 0. The van der Waals surface area contributed by atoms with Gasteiger partial charge in [0.15, 0.2) is 0 Å². The number of nitrogens with zero attached hydrogens (tertiary/aromatic N) is 1. The highest BCUT2D eigenvalue weighted by Gasteiger charge is 2.32. The number of hydrogen-bond donors (Lipinski definition) is 3. The Labute approximate surface area is 191 Å². The van der Waals surface area contributed by atoms with Crippen LogP contribution in [0.1, 0.15) is 45.4 Å². The van der Waals surface area contributed by atoms with E-state index in [2.05, 4.69) is 17.6 Å². The molecule has 1 saturated heterocycles. The molecule has 0 aromatic heterocycles. The summed E-state index contributed by atoms with van der Waals surface area (Å²) in [7, 11) is 0. The first kappa shape index (κ1) is 25.0. The summed E-state index contributed by atoms with van der Waals surface area (Å²) in [5, 5.41) is 16.2. The van der Waals surface area contributed by atoms with Crippen molar-refractivity contribution < 1.29 is 14.7 Å². The number of nitrogens with one attached hydrogen (secondary N) is 2. The van der Waals surface area contributed by atoms with Crippen LogP contribution in [0.25, 0.3) is 0 Å². The number of fused-ring (bicyclic) bond motifs is 1. The van der Waals surface area contributed by atoms with Gasteiger partial charge in [0.05, 0.1) is 11.7 Å². The van der Waals surface area contributed by atoms with E-state index in [1.807, 2.05) is 24.3 Å². The molecule has 6 nitrogen and oxygen atoms in total. The third-order valence-corrected chi connectivity index (χ3v) is 7.02. The molecule has 3 rings (SSSR count). The Morgan fingerprint density at radius 1 is 1.30 bits per heavy atom. The molecule has 2 aliphatic heterocycles. The zero-order valence-electron chi connectivity index (χ0n) is 17.7. The Hall–Kier alpha value is -1.22. The van der Waals surface area contributed by atoms with Gasteiger partial charge in [-0.05, 0) is 57.3 Å². The summed E-state index contributed by atoms with van der Waals surface area (Å²) >= 11 is 1.62. The van der Waals surface area contributed by atoms with Crippen molar-refractivity contribution in [2.45, 2.75) is 62.4 Å². The van der Waals surface area contributed by atoms with Crippen LogP contribution in [0.5, 0.6) is 0 Å². The van der Waals surface area contributed by atoms with E-state index >= 15 is 0 Å². The Balaban J connectivity index is 0.00000320. The first-order chi connectivity index (χ1) is 14.0. The minimum Gasteiger partial charge on any atom is -0.480 e. The topological polar surface area (TPSA) is 81.7 Å². The number of carboxylic acid groups (broad SMARTS) is 1. The van der Waals surface area contributed by atoms with Gasteiger partial charge in [-0.15, -0.1) is 11.8 Å². The van der Waals surface area contributed by atoms with Gasteiger partial charge in [0.1, 0.15) is 6.54 Å². The molecule has 3 N–H and O–H groups in total. The van der Waals surface area contributed by atoms with E-state index in [-0.39, 0.29) is 38.0 Å². The summed E-state index contributed by atoms with van der Waals surface area (Å²) in [5.41, 5.74) is 0.698. The zero-order chi connectivity index (χ0) is 20.6. The number of carbonyl (C=O) groups excluding carboxylic acids is 1. The van der Waals surface area contributed by atoms with E-state index in [0.717, 1.165) is 36.7 Å². The molecule has 8 heteroatoms. The van der Waals surface area contributed by atoms with Gasteiger partial charge in [-0.1, -0.05) is 31.4 Å². The van der Waals surface area contributed by atoms with Gasteiger partial charge in [-0.2, -0.15) is 13.5 Å². The fraction of sp³-hybridized carbons (Fsp3) is 0.636. The molecule has 2 aliphatic rings. The number of piperidine rings is 1. The van der Waals surface area contributed by atoms with Gasteiger partial charge < -0.3 is 15.7 Å². The maximum atomic E-state index is 13.1. The maximum Gasteiger partial charge on any atom is 0.323 e. The SMILES string of the molecule is C[C@H](CCCCC1CCNCC1)NC1CSc2ccccc2N(CC(=O)O)C1=O.S. The Morgan fingerprint density at radius 3 is 2.77 bits per heavy atom. The Bertz CT molecular complexity index is 698. The smallest absolute Gasteiger partial charge is 0.323 e. The number of carboxylic acids is 1. The van der Waals surface area contributed by atoms with Gasteiger partial charge in [0, 0.05) is 16.7 Å². The number of rotatable bonds is 9. The molecule has 1 aromatic rings. The van der Waals surface area contributed by atoms with Gasteiger partial charge in [0.2, 0.25) is 5.91 Å². The second-order valence-electron chi connectivity index (χ2n) is 8.19. The van der Waals surface area contributed by atoms with E-state index in [1.165, 1.54) is 30.6 Å². The van der Waals surface area contributed by atoms with Gasteiger partial charge in [0.25, 0.3) is 0 Å². The standard InChI is InChI=1S/C22H33N3O3S.H2S/c1-16(6-2-3-7-17-10-12-23-13-11-17)24-18-15-29-20-9-5-4-8-19(20)25(22(18)28)14-21(26)27;/h4-5,8-9,16-18,23-24H,2-3,6-7,10-15H2,1H3,(H,26,27);1H2/t16-,18?;/m1./s1. The summed E-state index contributed by atoms with van der Waals surface area (Å²) in [6.07, 6.45) is 7.31. The normalized spacial score (nSPS) is 20.8. The van der Waals surface area contributed by atoms with Crippen LogP contribution in [0, 0.1) is 5.92 Å². The molecule has 0 radical (unpaired) electrons. The molecule has 1 aromatic carbocycles. The molecular weight excluding hydrogens is 418 g/mol. The number of anilines is 1. The predicted molar refractivity (Wildman–Crippen MR) is 128 cm³/mol. The lowest BCUT2D eigenvalue weighted by atomic mass is 9.92. The number of thioether (sulfide) groups is 1. The zero-order valence-corrected chi connectivity index (χ0v) is 19.5. The van der Waals surface area contributed by atoms with Crippen molar-refractivity contribution in [1.29, 1.82) is 0 Å². The fourth-order valence-corrected chi connectivity index (χ4v) is 5.34. The number of para-hydroxylation sites is 1. The molecule has 1 fully saturated rings. The number of carbonyl (C=O) groups is 2. The average molecular weight is 454 g/mol. The minimum absolute atomic E-state index is 0. The third-order valence-electron chi connectivity index (χ3n) is 5.86. The molecule has 168 valence electrons. The summed E-state index contributed by atoms with van der Waals surface area (Å²) in [6.45, 7) is 4.12. The van der Waals surface area contributed by atoms with E-state index in [4.69, 9.17) is 0 Å². The molecular formula is C22H35N3O3S2. The first-order valence-electron chi connectivity index (χ1n) is 10.8. The lowest BCUT2D eigenvalue weighted by Gasteiger charge is -2.26. The molecule has 2 heterocycles. The third kappa shape index (κ3) is 7.18. The highest BCUT2D eigenvalue weighted by molar-refractivity contribution is 7.99. The summed E-state index contributed by atoms with van der Waals surface area (Å²) in [5.74, 6) is 0.337. The van der Waals surface area contributed by atoms with Gasteiger partial charge in [-0.25, -0.2) is 0 Å². The number of hydrogen-bond acceptors (Lipinski definition) is 5. The number of amides is 1. The van der Waals surface area contributed by atoms with Crippen molar-refractivity contribution >= 4 is 42.8 Å². The Morgan fingerprint density at radius 2 is 2.03 bits per heavy atom. The van der Waals surface area contributed by atoms with Crippen molar-refractivity contribution in [2.75, 3.05) is 30.3 Å². The molecule has 0 saturated carbocycles. The van der Waals surface area contributed by atoms with Crippen LogP contribution in [0.3, 0.4) is 0 Å². The number of aliphatic carboxylic acids is 1. The van der Waals surface area contributed by atoms with Crippen molar-refractivity contribution in [3.63, 3.8) is 0 Å². The second kappa shape index (κ2) is 12.6. The van der Waals surface area contributed by atoms with Crippen molar-refractivity contribution in [3.8, 4) is 0 Å². The van der Waals surface area contributed by atoms with Gasteiger partial charge in [-0.3, -0.25) is 14.5 Å². The lowest BCUT2D eigenvalue weighted by molar-refractivity contribution is -0.136. The van der Waals surface area contributed by atoms with Crippen LogP contribution in [0.15, 0.2) is 29.2 Å². The predicted octanol–water partition coefficient (Wildman–Crippen LogP) is 3.23. The average Bonchev–Trinajstić information content (AvgIpc) is 2.84. The first-order valence-corrected chi connectivity index (χ1v) is 11.7. The van der Waals surface area contributed by atoms with E-state index < -0.39 is 5.97 Å². The van der Waals surface area contributed by atoms with Crippen molar-refractivity contribution in [3.05, 3.63) is 24.3 Å². The highest BCUT2D eigenvalue weighted by Crippen LogP contribution is 2.34. The molecule has 1 unspecified atom stereocenters. The van der Waals surface area contributed by atoms with Crippen LogP contribution in [-0.2, 0) is 9.59 Å². The Kier molecular flexibility index (Phi) is 10.5. The molecule has 30 heavy (non-hydrogen) atoms. The summed E-state index contributed by atoms with van der Waals surface area (Å²) in [6, 6.07) is 7.41. The number of benzene rings is 1. The highest BCUT2D eigenvalue weighted by atomic mass is 32.2. The largest absolute Gasteiger partial charge is 0.480 e.